The molecule has 1 rings (SSSR count). The van der Waals surface area contributed by atoms with E-state index in [0.29, 0.717) is 5.56 Å². The number of carbonyl (C=O) groups is 1. The molecule has 0 heterocycles. The number of carboxylic acids is 1. The quantitative estimate of drug-likeness (QED) is 0.359. The van der Waals surface area contributed by atoms with Crippen molar-refractivity contribution >= 4 is 12.2 Å². The molecular weight excluding hydrogens is 174 g/mol. The fraction of sp³-hybridized carbons (Fsp3) is 0. The summed E-state index contributed by atoms with van der Waals surface area (Å²) in [5.41, 5.74) is 0.176. The predicted molar refractivity (Wildman–Crippen MR) is 44.4 cm³/mol. The molecule has 13 heavy (non-hydrogen) atoms. The first-order valence-corrected chi connectivity index (χ1v) is 3.39. The highest BCUT2D eigenvalue weighted by Crippen LogP contribution is 2.17. The Morgan fingerprint density at radius 2 is 2.15 bits per heavy atom. The molecule has 0 saturated heterocycles. The second kappa shape index (κ2) is 3.57. The Bertz CT molecular complexity index is 359. The van der Waals surface area contributed by atoms with E-state index < -0.39 is 5.97 Å². The molecule has 0 spiro atoms. The number of nitrogens with zero attached hydrogens (tertiary/aromatic N) is 1. The Hall–Kier alpha value is -2.04. The monoisotopic (exact) mass is 181 g/mol. The lowest BCUT2D eigenvalue weighted by Crippen LogP contribution is -1.97. The van der Waals surface area contributed by atoms with Gasteiger partial charge in [0.05, 0.1) is 6.21 Å². The van der Waals surface area contributed by atoms with Crippen molar-refractivity contribution in [2.24, 2.45) is 5.16 Å². The number of hydrogen-bond acceptors (Lipinski definition) is 4. The number of hydrogen-bond donors (Lipinski definition) is 3. The van der Waals surface area contributed by atoms with Crippen molar-refractivity contribution in [3.05, 3.63) is 29.3 Å². The van der Waals surface area contributed by atoms with Crippen molar-refractivity contribution in [1.82, 2.24) is 0 Å². The van der Waals surface area contributed by atoms with E-state index in [1.807, 2.05) is 0 Å². The average Bonchev–Trinajstić information content (AvgIpc) is 2.08. The van der Waals surface area contributed by atoms with E-state index in [4.69, 9.17) is 15.4 Å². The molecule has 0 aromatic heterocycles. The summed E-state index contributed by atoms with van der Waals surface area (Å²) in [5, 5.41) is 28.6. The molecule has 0 unspecified atom stereocenters. The molecular formula is C8H7NO4. The van der Waals surface area contributed by atoms with Gasteiger partial charge in [-0.2, -0.15) is 0 Å². The van der Waals surface area contributed by atoms with Crippen LogP contribution in [0.25, 0.3) is 0 Å². The van der Waals surface area contributed by atoms with Crippen LogP contribution in [0.15, 0.2) is 23.4 Å². The Kier molecular flexibility index (Phi) is 2.49. The second-order valence-corrected chi connectivity index (χ2v) is 2.33. The van der Waals surface area contributed by atoms with E-state index in [1.54, 1.807) is 0 Å². The zero-order valence-corrected chi connectivity index (χ0v) is 6.51. The number of benzene rings is 1. The summed E-state index contributed by atoms with van der Waals surface area (Å²) in [6.07, 6.45) is 1.08. The van der Waals surface area contributed by atoms with Gasteiger partial charge in [-0.05, 0) is 23.8 Å². The molecule has 0 saturated carbocycles. The number of aromatic hydroxyl groups is 1. The standard InChI is InChI=1S/C8H7NO4/c10-7-2-1-5(4-9-13)3-6(7)8(11)12/h1-4,10,13H,(H,11,12)/b9-4-. The third-order valence-electron chi connectivity index (χ3n) is 1.46. The van der Waals surface area contributed by atoms with Crippen molar-refractivity contribution in [3.63, 3.8) is 0 Å². The van der Waals surface area contributed by atoms with E-state index in [2.05, 4.69) is 5.16 Å². The van der Waals surface area contributed by atoms with Crippen LogP contribution in [0.2, 0.25) is 0 Å². The minimum atomic E-state index is -1.23. The zero-order chi connectivity index (χ0) is 9.84. The molecule has 0 aliphatic heterocycles. The van der Waals surface area contributed by atoms with Crippen LogP contribution in [0.3, 0.4) is 0 Å². The maximum atomic E-state index is 10.5. The summed E-state index contributed by atoms with van der Waals surface area (Å²) in [6, 6.07) is 3.86. The smallest absolute Gasteiger partial charge is 0.339 e. The van der Waals surface area contributed by atoms with Crippen molar-refractivity contribution in [2.45, 2.75) is 0 Å². The summed E-state index contributed by atoms with van der Waals surface area (Å²) in [4.78, 5) is 10.5. The molecule has 0 aliphatic carbocycles. The Morgan fingerprint density at radius 3 is 2.69 bits per heavy atom. The third-order valence-corrected chi connectivity index (χ3v) is 1.46. The SMILES string of the molecule is O=C(O)c1cc(/C=N\O)ccc1O. The number of oxime groups is 1. The van der Waals surface area contributed by atoms with E-state index in [0.717, 1.165) is 6.21 Å². The average molecular weight is 181 g/mol. The largest absolute Gasteiger partial charge is 0.507 e. The molecule has 3 N–H and O–H groups in total. The van der Waals surface area contributed by atoms with Gasteiger partial charge < -0.3 is 15.4 Å². The van der Waals surface area contributed by atoms with Crippen LogP contribution in [-0.2, 0) is 0 Å². The summed E-state index contributed by atoms with van der Waals surface area (Å²) in [5.74, 6) is -1.55. The third kappa shape index (κ3) is 1.96. The lowest BCUT2D eigenvalue weighted by atomic mass is 10.1. The minimum absolute atomic E-state index is 0.225. The normalized spacial score (nSPS) is 10.5. The maximum Gasteiger partial charge on any atom is 0.339 e. The fourth-order valence-electron chi connectivity index (χ4n) is 0.872. The summed E-state index contributed by atoms with van der Waals surface area (Å²) in [6.45, 7) is 0. The number of aromatic carboxylic acids is 1. The van der Waals surface area contributed by atoms with Gasteiger partial charge in [0, 0.05) is 0 Å². The van der Waals surface area contributed by atoms with Gasteiger partial charge in [0.2, 0.25) is 0 Å². The lowest BCUT2D eigenvalue weighted by Gasteiger charge is -1.99. The molecule has 0 amide bonds. The van der Waals surface area contributed by atoms with E-state index in [9.17, 15) is 4.79 Å². The van der Waals surface area contributed by atoms with Crippen molar-refractivity contribution in [2.75, 3.05) is 0 Å². The Morgan fingerprint density at radius 1 is 1.46 bits per heavy atom. The molecule has 0 radical (unpaired) electrons. The molecule has 0 bridgehead atoms. The van der Waals surface area contributed by atoms with Gasteiger partial charge >= 0.3 is 5.97 Å². The van der Waals surface area contributed by atoms with Crippen LogP contribution in [0.1, 0.15) is 15.9 Å². The highest BCUT2D eigenvalue weighted by atomic mass is 16.4. The topological polar surface area (TPSA) is 90.1 Å². The van der Waals surface area contributed by atoms with Gasteiger partial charge in [-0.1, -0.05) is 5.16 Å². The number of phenols is 1. The lowest BCUT2D eigenvalue weighted by molar-refractivity contribution is 0.0693. The highest BCUT2D eigenvalue weighted by molar-refractivity contribution is 5.93. The van der Waals surface area contributed by atoms with Gasteiger partial charge in [0.1, 0.15) is 11.3 Å². The van der Waals surface area contributed by atoms with Gasteiger partial charge in [-0.25, -0.2) is 4.79 Å². The first kappa shape index (κ1) is 9.05. The van der Waals surface area contributed by atoms with Crippen LogP contribution < -0.4 is 0 Å². The van der Waals surface area contributed by atoms with Gasteiger partial charge in [-0.15, -0.1) is 0 Å². The molecule has 68 valence electrons. The highest BCUT2D eigenvalue weighted by Gasteiger charge is 2.08. The van der Waals surface area contributed by atoms with Crippen LogP contribution in [0.4, 0.5) is 0 Å². The Labute approximate surface area is 73.6 Å². The maximum absolute atomic E-state index is 10.5. The fourth-order valence-corrected chi connectivity index (χ4v) is 0.872. The summed E-state index contributed by atoms with van der Waals surface area (Å²) in [7, 11) is 0. The number of carboxylic acid groups (broad SMARTS) is 1. The van der Waals surface area contributed by atoms with Gasteiger partial charge in [-0.3, -0.25) is 0 Å². The van der Waals surface area contributed by atoms with Gasteiger partial charge in [0.15, 0.2) is 0 Å². The molecule has 1 aromatic rings. The minimum Gasteiger partial charge on any atom is -0.507 e. The first-order chi connectivity index (χ1) is 6.15. The number of rotatable bonds is 2. The Balaban J connectivity index is 3.18. The van der Waals surface area contributed by atoms with E-state index >= 15 is 0 Å². The second-order valence-electron chi connectivity index (χ2n) is 2.33. The first-order valence-electron chi connectivity index (χ1n) is 3.39. The van der Waals surface area contributed by atoms with Crippen LogP contribution in [-0.4, -0.2) is 27.6 Å². The zero-order valence-electron chi connectivity index (χ0n) is 6.51. The van der Waals surface area contributed by atoms with Gasteiger partial charge in [0.25, 0.3) is 0 Å². The summed E-state index contributed by atoms with van der Waals surface area (Å²) < 4.78 is 0. The molecule has 1 aromatic carbocycles. The van der Waals surface area contributed by atoms with Crippen LogP contribution in [0.5, 0.6) is 5.75 Å². The van der Waals surface area contributed by atoms with Crippen molar-refractivity contribution in [3.8, 4) is 5.75 Å². The predicted octanol–water partition coefficient (Wildman–Crippen LogP) is 0.898. The molecule has 0 aliphatic rings. The van der Waals surface area contributed by atoms with E-state index in [-0.39, 0.29) is 11.3 Å². The molecule has 0 atom stereocenters. The van der Waals surface area contributed by atoms with Crippen molar-refractivity contribution in [1.29, 1.82) is 0 Å². The van der Waals surface area contributed by atoms with Crippen LogP contribution >= 0.6 is 0 Å². The summed E-state index contributed by atoms with van der Waals surface area (Å²) >= 11 is 0. The molecule has 5 nitrogen and oxygen atoms in total. The molecule has 0 fully saturated rings. The van der Waals surface area contributed by atoms with Crippen LogP contribution in [0, 0.1) is 0 Å². The van der Waals surface area contributed by atoms with Crippen molar-refractivity contribution < 1.29 is 20.2 Å². The van der Waals surface area contributed by atoms with E-state index in [1.165, 1.54) is 18.2 Å². The molecule has 5 heteroatoms.